The molecular formula is C27H37F4N7O. The van der Waals surface area contributed by atoms with Crippen molar-refractivity contribution in [2.75, 3.05) is 50.9 Å². The van der Waals surface area contributed by atoms with E-state index in [1.54, 1.807) is 0 Å². The third-order valence-electron chi connectivity index (χ3n) is 7.99. The number of rotatable bonds is 5. The number of carbonyl (C=O) groups excluding carboxylic acids is 1. The highest BCUT2D eigenvalue weighted by atomic mass is 19.4. The van der Waals surface area contributed by atoms with E-state index in [4.69, 9.17) is 0 Å². The highest BCUT2D eigenvalue weighted by Crippen LogP contribution is 2.38. The lowest BCUT2D eigenvalue weighted by Crippen LogP contribution is -2.61. The fraction of sp³-hybridized carbons (Fsp3) is 0.593. The number of benzene rings is 1. The number of amides is 1. The summed E-state index contributed by atoms with van der Waals surface area (Å²) in [5.74, 6) is -1.39. The van der Waals surface area contributed by atoms with E-state index < -0.39 is 29.0 Å². The van der Waals surface area contributed by atoms with E-state index in [2.05, 4.69) is 60.2 Å². The summed E-state index contributed by atoms with van der Waals surface area (Å²) in [6.45, 7) is 10.4. The van der Waals surface area contributed by atoms with Gasteiger partial charge in [-0.25, -0.2) is 9.37 Å². The van der Waals surface area contributed by atoms with Crippen LogP contribution in [0, 0.1) is 5.82 Å². The maximum Gasteiger partial charge on any atom is 0.417 e. The Kier molecular flexibility index (Phi) is 7.83. The van der Waals surface area contributed by atoms with Crippen LogP contribution in [0.2, 0.25) is 0 Å². The highest BCUT2D eigenvalue weighted by molar-refractivity contribution is 5.96. The van der Waals surface area contributed by atoms with Crippen molar-refractivity contribution in [2.24, 2.45) is 0 Å². The minimum absolute atomic E-state index is 0.0217. The van der Waals surface area contributed by atoms with E-state index in [-0.39, 0.29) is 34.6 Å². The number of alkyl halides is 3. The first kappa shape index (κ1) is 29.0. The number of nitrogens with one attached hydrogen (secondary N) is 2. The van der Waals surface area contributed by atoms with Crippen molar-refractivity contribution < 1.29 is 22.4 Å². The lowest BCUT2D eigenvalue weighted by Gasteiger charge is -2.53. The van der Waals surface area contributed by atoms with Gasteiger partial charge in [0.25, 0.3) is 5.91 Å². The van der Waals surface area contributed by atoms with E-state index in [1.165, 1.54) is 11.0 Å². The monoisotopic (exact) mass is 551 g/mol. The van der Waals surface area contributed by atoms with Crippen molar-refractivity contribution >= 4 is 23.4 Å². The minimum Gasteiger partial charge on any atom is -0.365 e. The number of anilines is 3. The maximum atomic E-state index is 14.7. The molecule has 0 unspecified atom stereocenters. The molecule has 12 heteroatoms. The zero-order valence-corrected chi connectivity index (χ0v) is 23.3. The number of halogens is 4. The topological polar surface area (TPSA) is 76.6 Å². The summed E-state index contributed by atoms with van der Waals surface area (Å²) in [5.41, 5.74) is -1.70. The molecule has 2 N–H and O–H groups in total. The van der Waals surface area contributed by atoms with Gasteiger partial charge in [-0.05, 0) is 72.8 Å². The van der Waals surface area contributed by atoms with Crippen LogP contribution in [0.1, 0.15) is 56.5 Å². The molecule has 8 nitrogen and oxygen atoms in total. The third-order valence-corrected chi connectivity index (χ3v) is 7.99. The molecule has 1 aromatic heterocycles. The summed E-state index contributed by atoms with van der Waals surface area (Å²) in [5, 5.41) is 5.92. The van der Waals surface area contributed by atoms with Crippen molar-refractivity contribution in [1.82, 2.24) is 24.7 Å². The molecule has 2 saturated heterocycles. The van der Waals surface area contributed by atoms with Crippen LogP contribution in [0.4, 0.5) is 35.0 Å². The molecule has 4 rings (SSSR count). The van der Waals surface area contributed by atoms with Crippen LogP contribution in [0.3, 0.4) is 0 Å². The second-order valence-electron chi connectivity index (χ2n) is 11.8. The molecule has 0 atom stereocenters. The van der Waals surface area contributed by atoms with Crippen LogP contribution in [0.25, 0.3) is 0 Å². The fourth-order valence-corrected chi connectivity index (χ4v) is 5.55. The van der Waals surface area contributed by atoms with Gasteiger partial charge in [0.15, 0.2) is 11.6 Å². The van der Waals surface area contributed by atoms with Gasteiger partial charge in [0.1, 0.15) is 0 Å². The molecule has 1 aromatic carbocycles. The van der Waals surface area contributed by atoms with Crippen molar-refractivity contribution in [2.45, 2.75) is 63.8 Å². The van der Waals surface area contributed by atoms with Crippen molar-refractivity contribution in [3.63, 3.8) is 0 Å². The third kappa shape index (κ3) is 6.43. The lowest BCUT2D eigenvalue weighted by molar-refractivity contribution is -0.138. The molecule has 0 bridgehead atoms. The van der Waals surface area contributed by atoms with Gasteiger partial charge >= 0.3 is 6.18 Å². The van der Waals surface area contributed by atoms with Gasteiger partial charge in [-0.15, -0.1) is 0 Å². The Balaban J connectivity index is 1.55. The van der Waals surface area contributed by atoms with E-state index in [1.807, 2.05) is 11.9 Å². The molecule has 0 spiro atoms. The number of hydrogen-bond acceptors (Lipinski definition) is 7. The molecule has 39 heavy (non-hydrogen) atoms. The first-order chi connectivity index (χ1) is 18.1. The van der Waals surface area contributed by atoms with Gasteiger partial charge < -0.3 is 20.4 Å². The van der Waals surface area contributed by atoms with E-state index in [0.29, 0.717) is 26.2 Å². The van der Waals surface area contributed by atoms with Gasteiger partial charge in [-0.1, -0.05) is 0 Å². The zero-order valence-electron chi connectivity index (χ0n) is 23.3. The molecule has 1 amide bonds. The summed E-state index contributed by atoms with van der Waals surface area (Å²) in [4.78, 5) is 26.8. The molecule has 2 fully saturated rings. The van der Waals surface area contributed by atoms with Crippen LogP contribution >= 0.6 is 0 Å². The molecule has 0 saturated carbocycles. The first-order valence-electron chi connectivity index (χ1n) is 13.1. The molecule has 3 heterocycles. The minimum atomic E-state index is -4.75. The van der Waals surface area contributed by atoms with E-state index >= 15 is 0 Å². The van der Waals surface area contributed by atoms with Crippen LogP contribution < -0.4 is 10.6 Å². The Morgan fingerprint density at radius 3 is 2.23 bits per heavy atom. The summed E-state index contributed by atoms with van der Waals surface area (Å²) in [6.07, 6.45) is -2.27. The number of hydrogen-bond donors (Lipinski definition) is 2. The maximum absolute atomic E-state index is 14.7. The van der Waals surface area contributed by atoms with Crippen molar-refractivity contribution in [1.29, 1.82) is 0 Å². The molecule has 2 aromatic rings. The average molecular weight is 552 g/mol. The van der Waals surface area contributed by atoms with E-state index in [9.17, 15) is 22.4 Å². The molecule has 214 valence electrons. The second-order valence-corrected chi connectivity index (χ2v) is 11.8. The summed E-state index contributed by atoms with van der Waals surface area (Å²) in [7, 11) is 3.97. The number of likely N-dealkylation sites (N-methyl/N-ethyl adjacent to an activating group) is 1. The van der Waals surface area contributed by atoms with Gasteiger partial charge in [-0.3, -0.25) is 9.69 Å². The highest BCUT2D eigenvalue weighted by Gasteiger charge is 2.43. The van der Waals surface area contributed by atoms with Crippen LogP contribution in [-0.4, -0.2) is 88.0 Å². The number of nitrogens with zero attached hydrogens (tertiary/aromatic N) is 5. The Hall–Kier alpha value is -2.99. The van der Waals surface area contributed by atoms with Crippen LogP contribution in [-0.2, 0) is 6.18 Å². The van der Waals surface area contributed by atoms with Gasteiger partial charge in [0.2, 0.25) is 5.95 Å². The average Bonchev–Trinajstić information content (AvgIpc) is 2.84. The quantitative estimate of drug-likeness (QED) is 0.516. The SMILES string of the molecule is CN1CCN(C(=O)c2ccc(Nc3ncc(F)c(NC4CC(C)(C)N(C)C(C)(C)C4)n3)cc2C(F)(F)F)CC1. The Morgan fingerprint density at radius 1 is 1.03 bits per heavy atom. The van der Waals surface area contributed by atoms with Gasteiger partial charge in [0, 0.05) is 49.0 Å². The fourth-order valence-electron chi connectivity index (χ4n) is 5.55. The van der Waals surface area contributed by atoms with E-state index in [0.717, 1.165) is 31.2 Å². The molecular weight excluding hydrogens is 514 g/mol. The Morgan fingerprint density at radius 2 is 1.64 bits per heavy atom. The summed E-state index contributed by atoms with van der Waals surface area (Å²) < 4.78 is 56.6. The first-order valence-corrected chi connectivity index (χ1v) is 13.1. The van der Waals surface area contributed by atoms with Crippen molar-refractivity contribution in [3.05, 3.63) is 41.3 Å². The molecule has 0 radical (unpaired) electrons. The smallest absolute Gasteiger partial charge is 0.365 e. The predicted molar refractivity (Wildman–Crippen MR) is 143 cm³/mol. The molecule has 0 aliphatic carbocycles. The summed E-state index contributed by atoms with van der Waals surface area (Å²) >= 11 is 0. The predicted octanol–water partition coefficient (Wildman–Crippen LogP) is 4.83. The van der Waals surface area contributed by atoms with Crippen LogP contribution in [0.15, 0.2) is 24.4 Å². The second kappa shape index (κ2) is 10.5. The largest absolute Gasteiger partial charge is 0.417 e. The van der Waals surface area contributed by atoms with Crippen LogP contribution in [0.5, 0.6) is 0 Å². The Bertz CT molecular complexity index is 1190. The molecule has 2 aliphatic rings. The van der Waals surface area contributed by atoms with Gasteiger partial charge in [0.05, 0.1) is 17.3 Å². The summed E-state index contributed by atoms with van der Waals surface area (Å²) in [6, 6.07) is 3.34. The number of aromatic nitrogens is 2. The lowest BCUT2D eigenvalue weighted by atomic mass is 9.77. The van der Waals surface area contributed by atoms with Gasteiger partial charge in [-0.2, -0.15) is 18.2 Å². The number of carbonyl (C=O) groups is 1. The number of piperidine rings is 1. The zero-order chi connectivity index (χ0) is 28.8. The number of piperazine rings is 1. The molecule has 2 aliphatic heterocycles. The van der Waals surface area contributed by atoms with Crippen molar-refractivity contribution in [3.8, 4) is 0 Å². The number of likely N-dealkylation sites (tertiary alicyclic amines) is 1. The normalized spacial score (nSPS) is 20.6. The Labute approximate surface area is 226 Å². The standard InChI is InChI=1S/C27H37F4N7O/c1-25(2)14-18(15-26(3,4)37(25)6)33-22-21(28)16-32-24(35-22)34-17-7-8-19(20(13-17)27(29,30)31)23(39)38-11-9-36(5)10-12-38/h7-8,13,16,18H,9-12,14-15H2,1-6H3,(H2,32,33,34,35).